The molecule has 2 aromatic rings. The largest absolute Gasteiger partial charge is 0.371 e. The van der Waals surface area contributed by atoms with E-state index in [1.54, 1.807) is 0 Å². The quantitative estimate of drug-likeness (QED) is 0.746. The number of aromatic nitrogens is 2. The standard InChI is InChI=1S/C19H24N4O2.ClH/c24-18-14-9-10-20-11-16(14)22-19(23-18)21-15-7-4-8-17(15)25-12-13-5-2-1-3-6-13;/h1-3,5-6,15,17,20H,4,7-12H2,(H2,21,22,23,24);1H/t15-,17-;/m1./s1. The first-order chi connectivity index (χ1) is 12.3. The smallest absolute Gasteiger partial charge is 0.255 e. The van der Waals surface area contributed by atoms with E-state index in [1.807, 2.05) is 18.2 Å². The summed E-state index contributed by atoms with van der Waals surface area (Å²) in [6.45, 7) is 2.11. The molecule has 1 aliphatic carbocycles. The molecule has 2 heterocycles. The molecule has 2 atom stereocenters. The van der Waals surface area contributed by atoms with Crippen LogP contribution >= 0.6 is 12.4 Å². The second kappa shape index (κ2) is 8.66. The van der Waals surface area contributed by atoms with E-state index in [0.29, 0.717) is 19.1 Å². The Hall–Kier alpha value is -1.89. The average molecular weight is 377 g/mol. The van der Waals surface area contributed by atoms with Gasteiger partial charge in [-0.2, -0.15) is 0 Å². The molecule has 2 aliphatic rings. The van der Waals surface area contributed by atoms with Crippen LogP contribution in [0.3, 0.4) is 0 Å². The van der Waals surface area contributed by atoms with Crippen LogP contribution in [0.2, 0.25) is 0 Å². The second-order valence-electron chi connectivity index (χ2n) is 6.78. The minimum atomic E-state index is -0.0197. The number of H-pyrrole nitrogens is 1. The normalized spacial score (nSPS) is 21.7. The first kappa shape index (κ1) is 18.9. The Labute approximate surface area is 159 Å². The minimum absolute atomic E-state index is 0. The third-order valence-corrected chi connectivity index (χ3v) is 5.03. The SMILES string of the molecule is Cl.O=c1[nH]c(N[C@@H]2CCC[C@H]2OCc2ccccc2)nc2c1CCNC2. The van der Waals surface area contributed by atoms with Crippen molar-refractivity contribution in [2.45, 2.75) is 51.0 Å². The summed E-state index contributed by atoms with van der Waals surface area (Å²) in [6, 6.07) is 10.4. The van der Waals surface area contributed by atoms with Gasteiger partial charge >= 0.3 is 0 Å². The molecule has 0 saturated heterocycles. The van der Waals surface area contributed by atoms with Crippen molar-refractivity contribution in [2.75, 3.05) is 11.9 Å². The number of hydrogen-bond acceptors (Lipinski definition) is 5. The molecular weight excluding hydrogens is 352 g/mol. The van der Waals surface area contributed by atoms with Gasteiger partial charge in [0.05, 0.1) is 24.4 Å². The van der Waals surface area contributed by atoms with Crippen molar-refractivity contribution < 1.29 is 4.74 Å². The summed E-state index contributed by atoms with van der Waals surface area (Å²) in [7, 11) is 0. The number of benzene rings is 1. The molecule has 0 spiro atoms. The Kier molecular flexibility index (Phi) is 6.29. The third kappa shape index (κ3) is 4.26. The predicted octanol–water partition coefficient (Wildman–Crippen LogP) is 2.39. The van der Waals surface area contributed by atoms with E-state index in [-0.39, 0.29) is 30.1 Å². The van der Waals surface area contributed by atoms with Crippen LogP contribution in [-0.2, 0) is 24.3 Å². The van der Waals surface area contributed by atoms with Crippen molar-refractivity contribution in [3.8, 4) is 0 Å². The third-order valence-electron chi connectivity index (χ3n) is 5.03. The summed E-state index contributed by atoms with van der Waals surface area (Å²) >= 11 is 0. The van der Waals surface area contributed by atoms with E-state index in [1.165, 1.54) is 5.56 Å². The van der Waals surface area contributed by atoms with E-state index in [9.17, 15) is 4.79 Å². The molecule has 26 heavy (non-hydrogen) atoms. The minimum Gasteiger partial charge on any atom is -0.371 e. The molecule has 0 radical (unpaired) electrons. The highest BCUT2D eigenvalue weighted by Gasteiger charge is 2.29. The van der Waals surface area contributed by atoms with Crippen LogP contribution in [0.25, 0.3) is 0 Å². The molecular formula is C19H25ClN4O2. The number of halogens is 1. The van der Waals surface area contributed by atoms with Gasteiger partial charge in [0.15, 0.2) is 0 Å². The Morgan fingerprint density at radius 1 is 1.23 bits per heavy atom. The number of nitrogens with zero attached hydrogens (tertiary/aromatic N) is 1. The van der Waals surface area contributed by atoms with Crippen LogP contribution in [0.15, 0.2) is 35.1 Å². The van der Waals surface area contributed by atoms with Crippen LogP contribution in [0.4, 0.5) is 5.95 Å². The van der Waals surface area contributed by atoms with Gasteiger partial charge in [-0.05, 0) is 37.8 Å². The zero-order valence-corrected chi connectivity index (χ0v) is 15.5. The predicted molar refractivity (Wildman–Crippen MR) is 104 cm³/mol. The molecule has 140 valence electrons. The van der Waals surface area contributed by atoms with Gasteiger partial charge in [0.25, 0.3) is 5.56 Å². The van der Waals surface area contributed by atoms with Gasteiger partial charge in [0.2, 0.25) is 5.95 Å². The fraction of sp³-hybridized carbons (Fsp3) is 0.474. The summed E-state index contributed by atoms with van der Waals surface area (Å²) in [5.41, 5.74) is 2.83. The van der Waals surface area contributed by atoms with Crippen molar-refractivity contribution in [2.24, 2.45) is 0 Å². The molecule has 1 aliphatic heterocycles. The van der Waals surface area contributed by atoms with Gasteiger partial charge in [-0.3, -0.25) is 9.78 Å². The molecule has 7 heteroatoms. The molecule has 0 amide bonds. The Balaban J connectivity index is 0.00000196. The highest BCUT2D eigenvalue weighted by Crippen LogP contribution is 2.25. The molecule has 1 aromatic heterocycles. The Morgan fingerprint density at radius 3 is 2.92 bits per heavy atom. The monoisotopic (exact) mass is 376 g/mol. The summed E-state index contributed by atoms with van der Waals surface area (Å²) in [6.07, 6.45) is 4.05. The summed E-state index contributed by atoms with van der Waals surface area (Å²) in [5.74, 6) is 0.563. The molecule has 0 bridgehead atoms. The highest BCUT2D eigenvalue weighted by molar-refractivity contribution is 5.85. The lowest BCUT2D eigenvalue weighted by molar-refractivity contribution is 0.0393. The van der Waals surface area contributed by atoms with Crippen molar-refractivity contribution >= 4 is 18.4 Å². The van der Waals surface area contributed by atoms with E-state index in [2.05, 4.69) is 32.7 Å². The van der Waals surface area contributed by atoms with Crippen LogP contribution in [0.1, 0.15) is 36.1 Å². The molecule has 1 aromatic carbocycles. The number of nitrogens with one attached hydrogen (secondary N) is 3. The van der Waals surface area contributed by atoms with Crippen molar-refractivity contribution in [3.63, 3.8) is 0 Å². The van der Waals surface area contributed by atoms with Gasteiger partial charge in [-0.25, -0.2) is 4.98 Å². The zero-order valence-electron chi connectivity index (χ0n) is 14.7. The van der Waals surface area contributed by atoms with Gasteiger partial charge in [-0.1, -0.05) is 30.3 Å². The lowest BCUT2D eigenvalue weighted by Crippen LogP contribution is -2.35. The van der Waals surface area contributed by atoms with Gasteiger partial charge in [-0.15, -0.1) is 12.4 Å². The fourth-order valence-corrected chi connectivity index (χ4v) is 3.68. The first-order valence-electron chi connectivity index (χ1n) is 9.04. The number of ether oxygens (including phenoxy) is 1. The fourth-order valence-electron chi connectivity index (χ4n) is 3.68. The van der Waals surface area contributed by atoms with Crippen LogP contribution in [0.5, 0.6) is 0 Å². The van der Waals surface area contributed by atoms with Crippen LogP contribution in [-0.4, -0.2) is 28.7 Å². The number of hydrogen-bond donors (Lipinski definition) is 3. The second-order valence-corrected chi connectivity index (χ2v) is 6.78. The zero-order chi connectivity index (χ0) is 17.1. The number of rotatable bonds is 5. The van der Waals surface area contributed by atoms with Crippen molar-refractivity contribution in [1.82, 2.24) is 15.3 Å². The van der Waals surface area contributed by atoms with Gasteiger partial charge in [0.1, 0.15) is 0 Å². The van der Waals surface area contributed by atoms with Crippen LogP contribution < -0.4 is 16.2 Å². The van der Waals surface area contributed by atoms with Gasteiger partial charge in [0, 0.05) is 12.1 Å². The lowest BCUT2D eigenvalue weighted by Gasteiger charge is -2.23. The highest BCUT2D eigenvalue weighted by atomic mass is 35.5. The Morgan fingerprint density at radius 2 is 2.08 bits per heavy atom. The molecule has 4 rings (SSSR count). The summed E-state index contributed by atoms with van der Waals surface area (Å²) in [4.78, 5) is 19.8. The Bertz CT molecular complexity index is 781. The maximum atomic E-state index is 12.3. The van der Waals surface area contributed by atoms with Crippen molar-refractivity contribution in [1.29, 1.82) is 0 Å². The summed E-state index contributed by atoms with van der Waals surface area (Å²) in [5, 5.41) is 6.67. The maximum absolute atomic E-state index is 12.3. The van der Waals surface area contributed by atoms with Crippen LogP contribution in [0, 0.1) is 0 Å². The van der Waals surface area contributed by atoms with Crippen molar-refractivity contribution in [3.05, 3.63) is 57.5 Å². The number of anilines is 1. The average Bonchev–Trinajstić information content (AvgIpc) is 3.08. The van der Waals surface area contributed by atoms with E-state index < -0.39 is 0 Å². The van der Waals surface area contributed by atoms with E-state index in [0.717, 1.165) is 43.5 Å². The van der Waals surface area contributed by atoms with Gasteiger partial charge < -0.3 is 15.4 Å². The molecule has 6 nitrogen and oxygen atoms in total. The molecule has 1 saturated carbocycles. The summed E-state index contributed by atoms with van der Waals surface area (Å²) < 4.78 is 6.12. The molecule has 0 unspecified atom stereocenters. The molecule has 3 N–H and O–H groups in total. The lowest BCUT2D eigenvalue weighted by atomic mass is 10.1. The number of aromatic amines is 1. The van der Waals surface area contributed by atoms with E-state index in [4.69, 9.17) is 4.74 Å². The first-order valence-corrected chi connectivity index (χ1v) is 9.04. The van der Waals surface area contributed by atoms with E-state index >= 15 is 0 Å². The maximum Gasteiger partial charge on any atom is 0.255 e. The topological polar surface area (TPSA) is 79.0 Å². The molecule has 1 fully saturated rings. The number of fused-ring (bicyclic) bond motifs is 1.